The van der Waals surface area contributed by atoms with Gasteiger partial charge in [-0.2, -0.15) is 0 Å². The lowest BCUT2D eigenvalue weighted by Gasteiger charge is -2.28. The number of aliphatic hydroxyl groups excluding tert-OH is 1. The van der Waals surface area contributed by atoms with Gasteiger partial charge in [0.05, 0.1) is 31.1 Å². The average Bonchev–Trinajstić information content (AvgIpc) is 3.02. The van der Waals surface area contributed by atoms with Crippen LogP contribution in [0.15, 0.2) is 16.9 Å². The van der Waals surface area contributed by atoms with Gasteiger partial charge in [-0.25, -0.2) is 9.50 Å². The molecule has 7 nitrogen and oxygen atoms in total. The second-order valence-electron chi connectivity index (χ2n) is 5.45. The molecule has 0 radical (unpaired) electrons. The molecule has 3 heterocycles. The molecular weight excluding hydrogens is 272 g/mol. The summed E-state index contributed by atoms with van der Waals surface area (Å²) in [5.74, 6) is 0. The van der Waals surface area contributed by atoms with Gasteiger partial charge in [0, 0.05) is 24.4 Å². The van der Waals surface area contributed by atoms with Crippen molar-refractivity contribution in [3.05, 3.63) is 33.9 Å². The molecule has 2 aromatic heterocycles. The van der Waals surface area contributed by atoms with Crippen LogP contribution < -0.4 is 5.56 Å². The Morgan fingerprint density at radius 3 is 3.00 bits per heavy atom. The van der Waals surface area contributed by atoms with Crippen molar-refractivity contribution < 1.29 is 9.84 Å². The number of rotatable bonds is 4. The molecule has 7 heteroatoms. The Morgan fingerprint density at radius 1 is 1.52 bits per heavy atom. The van der Waals surface area contributed by atoms with E-state index in [4.69, 9.17) is 4.74 Å². The Bertz CT molecular complexity index is 693. The zero-order valence-corrected chi connectivity index (χ0v) is 12.2. The topological polar surface area (TPSA) is 82.9 Å². The van der Waals surface area contributed by atoms with E-state index >= 15 is 0 Å². The molecule has 0 aromatic carbocycles. The van der Waals surface area contributed by atoms with Crippen LogP contribution in [0.25, 0.3) is 5.65 Å². The van der Waals surface area contributed by atoms with Crippen LogP contribution in [0, 0.1) is 6.92 Å². The van der Waals surface area contributed by atoms with E-state index in [2.05, 4.69) is 15.0 Å². The first-order valence-corrected chi connectivity index (χ1v) is 7.16. The van der Waals surface area contributed by atoms with Gasteiger partial charge in [-0.05, 0) is 13.5 Å². The Balaban J connectivity index is 1.87. The first-order valence-electron chi connectivity index (χ1n) is 7.16. The van der Waals surface area contributed by atoms with Gasteiger partial charge < -0.3 is 9.84 Å². The highest BCUT2D eigenvalue weighted by molar-refractivity contribution is 5.39. The number of ether oxygens (including phenoxy) is 1. The molecule has 2 aromatic rings. The molecule has 3 rings (SSSR count). The summed E-state index contributed by atoms with van der Waals surface area (Å²) in [6, 6.07) is 3.34. The number of hydrogen-bond acceptors (Lipinski definition) is 5. The van der Waals surface area contributed by atoms with E-state index in [9.17, 15) is 9.90 Å². The molecule has 0 aliphatic carbocycles. The van der Waals surface area contributed by atoms with E-state index in [0.717, 1.165) is 12.2 Å². The summed E-state index contributed by atoms with van der Waals surface area (Å²) in [5, 5.41) is 12.9. The predicted molar refractivity (Wildman–Crippen MR) is 77.2 cm³/mol. The summed E-state index contributed by atoms with van der Waals surface area (Å²) < 4.78 is 6.74. The van der Waals surface area contributed by atoms with Gasteiger partial charge in [0.15, 0.2) is 5.65 Å². The number of aliphatic hydroxyl groups is 1. The third-order valence-electron chi connectivity index (χ3n) is 3.89. The largest absolute Gasteiger partial charge is 0.389 e. The van der Waals surface area contributed by atoms with Crippen LogP contribution in [-0.2, 0) is 11.3 Å². The maximum absolute atomic E-state index is 12.1. The van der Waals surface area contributed by atoms with E-state index in [1.165, 1.54) is 10.6 Å². The molecule has 0 saturated carbocycles. The molecule has 21 heavy (non-hydrogen) atoms. The standard InChI is InChI=1S/C14H20N4O3/c1-3-17(11-7-21-8-12(11)19)6-10-5-14(20)18-13(15-10)4-9(2)16-18/h4-5,11-12,16,19H,3,6-8H2,1-2H3/t11-,12-/m0/s1. The lowest BCUT2D eigenvalue weighted by atomic mass is 10.1. The van der Waals surface area contributed by atoms with Crippen molar-refractivity contribution >= 4 is 5.65 Å². The molecule has 1 saturated heterocycles. The lowest BCUT2D eigenvalue weighted by molar-refractivity contribution is 0.0801. The van der Waals surface area contributed by atoms with Crippen molar-refractivity contribution in [1.82, 2.24) is 19.5 Å². The number of H-pyrrole nitrogens is 1. The normalized spacial score (nSPS) is 22.5. The maximum Gasteiger partial charge on any atom is 0.272 e. The van der Waals surface area contributed by atoms with Crippen molar-refractivity contribution in [2.24, 2.45) is 0 Å². The molecule has 2 N–H and O–H groups in total. The summed E-state index contributed by atoms with van der Waals surface area (Å²) in [4.78, 5) is 18.7. The van der Waals surface area contributed by atoms with E-state index in [1.54, 1.807) is 0 Å². The van der Waals surface area contributed by atoms with Gasteiger partial charge in [0.2, 0.25) is 0 Å². The highest BCUT2D eigenvalue weighted by Gasteiger charge is 2.31. The van der Waals surface area contributed by atoms with Gasteiger partial charge in [-0.3, -0.25) is 14.8 Å². The summed E-state index contributed by atoms with van der Waals surface area (Å²) in [7, 11) is 0. The smallest absolute Gasteiger partial charge is 0.272 e. The van der Waals surface area contributed by atoms with Gasteiger partial charge >= 0.3 is 0 Å². The molecule has 1 aliphatic heterocycles. The lowest BCUT2D eigenvalue weighted by Crippen LogP contribution is -2.42. The second kappa shape index (κ2) is 5.59. The highest BCUT2D eigenvalue weighted by Crippen LogP contribution is 2.15. The SMILES string of the molecule is CCN(Cc1cc(=O)n2[nH]c(C)cc2n1)[C@H]1COC[C@@H]1O. The molecule has 1 fully saturated rings. The van der Waals surface area contributed by atoms with Crippen LogP contribution in [0.1, 0.15) is 18.3 Å². The fraction of sp³-hybridized carbons (Fsp3) is 0.571. The molecule has 0 bridgehead atoms. The molecule has 2 atom stereocenters. The minimum Gasteiger partial charge on any atom is -0.389 e. The average molecular weight is 292 g/mol. The summed E-state index contributed by atoms with van der Waals surface area (Å²) in [6.45, 7) is 6.08. The summed E-state index contributed by atoms with van der Waals surface area (Å²) in [6.07, 6.45) is -0.482. The quantitative estimate of drug-likeness (QED) is 0.823. The van der Waals surface area contributed by atoms with E-state index < -0.39 is 6.10 Å². The fourth-order valence-electron chi connectivity index (χ4n) is 2.79. The number of aryl methyl sites for hydroxylation is 1. The van der Waals surface area contributed by atoms with Crippen LogP contribution in [0.2, 0.25) is 0 Å². The minimum absolute atomic E-state index is 0.0387. The first-order chi connectivity index (χ1) is 10.1. The monoisotopic (exact) mass is 292 g/mol. The van der Waals surface area contributed by atoms with E-state index in [1.807, 2.05) is 19.9 Å². The van der Waals surface area contributed by atoms with Crippen molar-refractivity contribution in [2.45, 2.75) is 32.5 Å². The zero-order valence-electron chi connectivity index (χ0n) is 12.2. The Hall–Kier alpha value is -1.70. The van der Waals surface area contributed by atoms with Gasteiger partial charge in [-0.1, -0.05) is 6.92 Å². The van der Waals surface area contributed by atoms with Crippen molar-refractivity contribution in [2.75, 3.05) is 19.8 Å². The predicted octanol–water partition coefficient (Wildman–Crippen LogP) is -0.0874. The Morgan fingerprint density at radius 2 is 2.33 bits per heavy atom. The summed E-state index contributed by atoms with van der Waals surface area (Å²) >= 11 is 0. The fourth-order valence-corrected chi connectivity index (χ4v) is 2.79. The third-order valence-corrected chi connectivity index (χ3v) is 3.89. The number of hydrogen-bond donors (Lipinski definition) is 2. The Kier molecular flexibility index (Phi) is 3.79. The van der Waals surface area contributed by atoms with Crippen LogP contribution >= 0.6 is 0 Å². The summed E-state index contributed by atoms with van der Waals surface area (Å²) in [5.41, 5.74) is 2.10. The molecule has 0 amide bonds. The molecule has 114 valence electrons. The zero-order chi connectivity index (χ0) is 15.0. The van der Waals surface area contributed by atoms with Crippen molar-refractivity contribution in [3.63, 3.8) is 0 Å². The van der Waals surface area contributed by atoms with Crippen molar-refractivity contribution in [1.29, 1.82) is 0 Å². The van der Waals surface area contributed by atoms with Crippen LogP contribution in [0.4, 0.5) is 0 Å². The molecular formula is C14H20N4O3. The molecule has 0 unspecified atom stereocenters. The van der Waals surface area contributed by atoms with Crippen LogP contribution in [0.3, 0.4) is 0 Å². The Labute approximate surface area is 122 Å². The van der Waals surface area contributed by atoms with Crippen LogP contribution in [-0.4, -0.2) is 56.5 Å². The number of likely N-dealkylation sites (N-methyl/N-ethyl adjacent to an activating group) is 1. The van der Waals surface area contributed by atoms with Gasteiger partial charge in [0.25, 0.3) is 5.56 Å². The number of aromatic nitrogens is 3. The van der Waals surface area contributed by atoms with E-state index in [0.29, 0.717) is 31.1 Å². The second-order valence-corrected chi connectivity index (χ2v) is 5.45. The van der Waals surface area contributed by atoms with Crippen molar-refractivity contribution in [3.8, 4) is 0 Å². The van der Waals surface area contributed by atoms with Gasteiger partial charge in [0.1, 0.15) is 0 Å². The van der Waals surface area contributed by atoms with Gasteiger partial charge in [-0.15, -0.1) is 0 Å². The minimum atomic E-state index is -0.482. The number of aromatic amines is 1. The molecule has 1 aliphatic rings. The van der Waals surface area contributed by atoms with Crippen LogP contribution in [0.5, 0.6) is 0 Å². The maximum atomic E-state index is 12.1. The number of fused-ring (bicyclic) bond motifs is 1. The first kappa shape index (κ1) is 14.2. The molecule has 0 spiro atoms. The highest BCUT2D eigenvalue weighted by atomic mass is 16.5. The van der Waals surface area contributed by atoms with E-state index in [-0.39, 0.29) is 11.6 Å². The third kappa shape index (κ3) is 2.72. The number of nitrogens with one attached hydrogen (secondary N) is 1. The number of nitrogens with zero attached hydrogens (tertiary/aromatic N) is 3.